The number of carbonyl (C=O) groups excluding carboxylic acids is 2. The van der Waals surface area contributed by atoms with Crippen molar-refractivity contribution in [2.24, 2.45) is 0 Å². The van der Waals surface area contributed by atoms with Crippen molar-refractivity contribution < 1.29 is 14.3 Å². The molecule has 0 spiro atoms. The summed E-state index contributed by atoms with van der Waals surface area (Å²) in [5, 5.41) is 3.37. The molecule has 1 N–H and O–H groups in total. The van der Waals surface area contributed by atoms with Gasteiger partial charge in [-0.3, -0.25) is 9.59 Å². The van der Waals surface area contributed by atoms with Crippen LogP contribution in [0, 0.1) is 0 Å². The van der Waals surface area contributed by atoms with Crippen LogP contribution in [-0.4, -0.2) is 23.8 Å². The van der Waals surface area contributed by atoms with Crippen LogP contribution in [0.3, 0.4) is 0 Å². The fraction of sp³-hybridized carbons (Fsp3) is 0.115. The average Bonchev–Trinajstić information content (AvgIpc) is 3.27. The van der Waals surface area contributed by atoms with Gasteiger partial charge in [-0.25, -0.2) is 4.98 Å². The molecule has 7 heteroatoms. The molecule has 33 heavy (non-hydrogen) atoms. The molecule has 0 fully saturated rings. The summed E-state index contributed by atoms with van der Waals surface area (Å²) in [6.07, 6.45) is 0.225. The molecule has 4 rings (SSSR count). The van der Waals surface area contributed by atoms with E-state index in [1.807, 2.05) is 66.7 Å². The number of ether oxygens (including phenoxy) is 1. The van der Waals surface area contributed by atoms with Crippen LogP contribution in [0.25, 0.3) is 21.7 Å². The molecule has 0 atom stereocenters. The first-order valence-electron chi connectivity index (χ1n) is 10.3. The van der Waals surface area contributed by atoms with Gasteiger partial charge < -0.3 is 10.1 Å². The summed E-state index contributed by atoms with van der Waals surface area (Å²) in [4.78, 5) is 30.6. The first-order valence-corrected chi connectivity index (χ1v) is 11.9. The molecule has 0 bridgehead atoms. The summed E-state index contributed by atoms with van der Waals surface area (Å²) < 4.78 is 6.17. The molecule has 4 aromatic rings. The SMILES string of the molecule is COc1ccc(-c2sc(NC(=O)CCC(=O)c3ccc(Br)cc3)nc2-c2ccccc2)cc1. The van der Waals surface area contributed by atoms with E-state index in [0.717, 1.165) is 31.9 Å². The second-order valence-electron chi connectivity index (χ2n) is 7.27. The van der Waals surface area contributed by atoms with E-state index in [1.54, 1.807) is 19.2 Å². The number of Topliss-reactive ketones (excluding diaryl/α,β-unsaturated/α-hetero) is 1. The van der Waals surface area contributed by atoms with Crippen molar-refractivity contribution in [1.29, 1.82) is 0 Å². The Morgan fingerprint density at radius 3 is 2.27 bits per heavy atom. The van der Waals surface area contributed by atoms with Gasteiger partial charge in [0.25, 0.3) is 0 Å². The van der Waals surface area contributed by atoms with Crippen LogP contribution in [0.2, 0.25) is 0 Å². The number of ketones is 1. The Labute approximate surface area is 204 Å². The van der Waals surface area contributed by atoms with Crippen LogP contribution in [-0.2, 0) is 4.79 Å². The van der Waals surface area contributed by atoms with E-state index in [9.17, 15) is 9.59 Å². The minimum Gasteiger partial charge on any atom is -0.497 e. The van der Waals surface area contributed by atoms with Gasteiger partial charge in [0.15, 0.2) is 10.9 Å². The van der Waals surface area contributed by atoms with Gasteiger partial charge in [0.1, 0.15) is 5.75 Å². The molecular formula is C26H21BrN2O3S. The summed E-state index contributed by atoms with van der Waals surface area (Å²) in [7, 11) is 1.63. The number of carbonyl (C=O) groups is 2. The van der Waals surface area contributed by atoms with E-state index in [4.69, 9.17) is 9.72 Å². The van der Waals surface area contributed by atoms with Crippen molar-refractivity contribution >= 4 is 44.1 Å². The molecule has 0 aliphatic carbocycles. The first kappa shape index (κ1) is 22.9. The monoisotopic (exact) mass is 520 g/mol. The zero-order valence-corrected chi connectivity index (χ0v) is 20.3. The molecule has 1 amide bonds. The molecule has 166 valence electrons. The Balaban J connectivity index is 1.51. The third-order valence-electron chi connectivity index (χ3n) is 5.02. The van der Waals surface area contributed by atoms with Crippen molar-refractivity contribution in [2.45, 2.75) is 12.8 Å². The smallest absolute Gasteiger partial charge is 0.226 e. The highest BCUT2D eigenvalue weighted by Gasteiger charge is 2.17. The van der Waals surface area contributed by atoms with Gasteiger partial charge in [0.2, 0.25) is 5.91 Å². The van der Waals surface area contributed by atoms with Crippen molar-refractivity contribution in [1.82, 2.24) is 4.98 Å². The number of hydrogen-bond donors (Lipinski definition) is 1. The normalized spacial score (nSPS) is 10.6. The van der Waals surface area contributed by atoms with Crippen molar-refractivity contribution in [3.05, 3.63) is 88.9 Å². The topological polar surface area (TPSA) is 68.3 Å². The number of halogens is 1. The zero-order chi connectivity index (χ0) is 23.2. The highest BCUT2D eigenvalue weighted by molar-refractivity contribution is 9.10. The largest absolute Gasteiger partial charge is 0.497 e. The van der Waals surface area contributed by atoms with Crippen molar-refractivity contribution in [3.8, 4) is 27.4 Å². The Hall–Kier alpha value is -3.29. The third-order valence-corrected chi connectivity index (χ3v) is 6.57. The minimum absolute atomic E-state index is 0.0688. The Morgan fingerprint density at radius 1 is 0.909 bits per heavy atom. The highest BCUT2D eigenvalue weighted by Crippen LogP contribution is 2.39. The lowest BCUT2D eigenvalue weighted by Gasteiger charge is -2.04. The van der Waals surface area contributed by atoms with Gasteiger partial charge in [-0.1, -0.05) is 69.7 Å². The quantitative estimate of drug-likeness (QED) is 0.258. The van der Waals surface area contributed by atoms with Crippen LogP contribution in [0.1, 0.15) is 23.2 Å². The molecule has 3 aromatic carbocycles. The summed E-state index contributed by atoms with van der Waals surface area (Å²) >= 11 is 4.76. The van der Waals surface area contributed by atoms with Crippen LogP contribution < -0.4 is 10.1 Å². The number of hydrogen-bond acceptors (Lipinski definition) is 5. The number of nitrogens with one attached hydrogen (secondary N) is 1. The van der Waals surface area contributed by atoms with Gasteiger partial charge in [-0.2, -0.15) is 0 Å². The van der Waals surface area contributed by atoms with Gasteiger partial charge in [0.05, 0.1) is 17.7 Å². The summed E-state index contributed by atoms with van der Waals surface area (Å²) in [5.74, 6) is 0.462. The molecule has 0 saturated heterocycles. The number of benzene rings is 3. The molecule has 1 heterocycles. The van der Waals surface area contributed by atoms with Crippen LogP contribution in [0.4, 0.5) is 5.13 Å². The van der Waals surface area contributed by atoms with Crippen LogP contribution >= 0.6 is 27.3 Å². The molecular weight excluding hydrogens is 500 g/mol. The van der Waals surface area contributed by atoms with E-state index in [0.29, 0.717) is 10.7 Å². The standard InChI is InChI=1S/C26H21BrN2O3S/c1-32-21-13-9-19(10-14-21)25-24(18-5-3-2-4-6-18)29-26(33-25)28-23(31)16-15-22(30)17-7-11-20(27)12-8-17/h2-14H,15-16H2,1H3,(H,28,29,31). The molecule has 0 radical (unpaired) electrons. The summed E-state index contributed by atoms with van der Waals surface area (Å²) in [5.41, 5.74) is 3.34. The third kappa shape index (κ3) is 5.74. The number of nitrogens with zero attached hydrogens (tertiary/aromatic N) is 1. The lowest BCUT2D eigenvalue weighted by Crippen LogP contribution is -2.13. The predicted molar refractivity (Wildman–Crippen MR) is 136 cm³/mol. The van der Waals surface area contributed by atoms with E-state index in [-0.39, 0.29) is 24.5 Å². The summed E-state index contributed by atoms with van der Waals surface area (Å²) in [6, 6.07) is 24.7. The van der Waals surface area contributed by atoms with Gasteiger partial charge in [-0.15, -0.1) is 0 Å². The Morgan fingerprint density at radius 2 is 1.61 bits per heavy atom. The first-order chi connectivity index (χ1) is 16.0. The molecule has 0 unspecified atom stereocenters. The molecule has 5 nitrogen and oxygen atoms in total. The maximum Gasteiger partial charge on any atom is 0.226 e. The molecule has 0 saturated carbocycles. The highest BCUT2D eigenvalue weighted by atomic mass is 79.9. The molecule has 1 aromatic heterocycles. The number of amides is 1. The van der Waals surface area contributed by atoms with E-state index < -0.39 is 0 Å². The van der Waals surface area contributed by atoms with Crippen molar-refractivity contribution in [3.63, 3.8) is 0 Å². The van der Waals surface area contributed by atoms with Gasteiger partial charge in [-0.05, 0) is 42.0 Å². The fourth-order valence-electron chi connectivity index (χ4n) is 3.29. The number of anilines is 1. The average molecular weight is 521 g/mol. The van der Waals surface area contributed by atoms with Crippen molar-refractivity contribution in [2.75, 3.05) is 12.4 Å². The van der Waals surface area contributed by atoms with Crippen LogP contribution in [0.5, 0.6) is 5.75 Å². The zero-order valence-electron chi connectivity index (χ0n) is 17.9. The summed E-state index contributed by atoms with van der Waals surface area (Å²) in [6.45, 7) is 0. The molecule has 0 aliphatic heterocycles. The minimum atomic E-state index is -0.241. The number of rotatable bonds is 8. The maximum absolute atomic E-state index is 12.6. The second-order valence-corrected chi connectivity index (χ2v) is 9.18. The predicted octanol–water partition coefficient (Wildman–Crippen LogP) is 6.85. The Kier molecular flexibility index (Phi) is 7.32. The molecule has 0 aliphatic rings. The number of methoxy groups -OCH3 is 1. The van der Waals surface area contributed by atoms with E-state index >= 15 is 0 Å². The lowest BCUT2D eigenvalue weighted by molar-refractivity contribution is -0.116. The van der Waals surface area contributed by atoms with E-state index in [2.05, 4.69) is 21.2 Å². The number of aromatic nitrogens is 1. The van der Waals surface area contributed by atoms with Gasteiger partial charge in [0, 0.05) is 28.4 Å². The fourth-order valence-corrected chi connectivity index (χ4v) is 4.57. The number of thiazole rings is 1. The van der Waals surface area contributed by atoms with E-state index in [1.165, 1.54) is 11.3 Å². The Bertz CT molecular complexity index is 1250. The van der Waals surface area contributed by atoms with Crippen LogP contribution in [0.15, 0.2) is 83.3 Å². The van der Waals surface area contributed by atoms with Gasteiger partial charge >= 0.3 is 0 Å². The second kappa shape index (κ2) is 10.6. The maximum atomic E-state index is 12.6. The lowest BCUT2D eigenvalue weighted by atomic mass is 10.1.